The minimum atomic E-state index is -0.898. The minimum absolute atomic E-state index is 0.00611. The van der Waals surface area contributed by atoms with Crippen LogP contribution in [0.4, 0.5) is 0 Å². The van der Waals surface area contributed by atoms with Gasteiger partial charge in [0, 0.05) is 12.5 Å². The molecule has 1 rings (SSSR count). The first-order chi connectivity index (χ1) is 6.07. The van der Waals surface area contributed by atoms with E-state index in [2.05, 4.69) is 0 Å². The maximum absolute atomic E-state index is 11.5. The molecule has 1 N–H and O–H groups in total. The molecule has 0 spiro atoms. The zero-order chi connectivity index (χ0) is 10.0. The van der Waals surface area contributed by atoms with Gasteiger partial charge in [0.2, 0.25) is 5.91 Å². The van der Waals surface area contributed by atoms with Gasteiger partial charge in [-0.25, -0.2) is 4.79 Å². The van der Waals surface area contributed by atoms with Crippen LogP contribution in [-0.2, 0) is 9.59 Å². The van der Waals surface area contributed by atoms with E-state index in [9.17, 15) is 9.59 Å². The zero-order valence-corrected chi connectivity index (χ0v) is 7.99. The molecule has 1 aliphatic rings. The fourth-order valence-electron chi connectivity index (χ4n) is 1.69. The van der Waals surface area contributed by atoms with Crippen LogP contribution in [0.25, 0.3) is 0 Å². The summed E-state index contributed by atoms with van der Waals surface area (Å²) in [6, 6.07) is -0.627. The van der Waals surface area contributed by atoms with Crippen LogP contribution in [0.2, 0.25) is 0 Å². The van der Waals surface area contributed by atoms with Gasteiger partial charge in [0.15, 0.2) is 0 Å². The maximum atomic E-state index is 11.5. The molecule has 0 radical (unpaired) electrons. The standard InChI is InChI=1S/C9H15NO3/c1-3-7(9(12)13)10-5-4-6(2)8(10)11/h6-7H,3-5H2,1-2H3,(H,12,13)/t6-,7+/m0/s1. The zero-order valence-electron chi connectivity index (χ0n) is 7.99. The number of nitrogens with zero attached hydrogens (tertiary/aromatic N) is 1. The summed E-state index contributed by atoms with van der Waals surface area (Å²) < 4.78 is 0. The molecule has 2 atom stereocenters. The molecule has 1 amide bonds. The Morgan fingerprint density at radius 3 is 2.69 bits per heavy atom. The smallest absolute Gasteiger partial charge is 0.326 e. The molecule has 4 heteroatoms. The summed E-state index contributed by atoms with van der Waals surface area (Å²) >= 11 is 0. The molecule has 0 aromatic heterocycles. The monoisotopic (exact) mass is 185 g/mol. The normalized spacial score (nSPS) is 24.9. The van der Waals surface area contributed by atoms with Gasteiger partial charge in [-0.1, -0.05) is 13.8 Å². The number of hydrogen-bond donors (Lipinski definition) is 1. The topological polar surface area (TPSA) is 57.6 Å². The van der Waals surface area contributed by atoms with E-state index in [4.69, 9.17) is 5.11 Å². The van der Waals surface area contributed by atoms with E-state index in [1.165, 1.54) is 4.90 Å². The van der Waals surface area contributed by atoms with Gasteiger partial charge >= 0.3 is 5.97 Å². The van der Waals surface area contributed by atoms with Gasteiger partial charge in [0.05, 0.1) is 0 Å². The minimum Gasteiger partial charge on any atom is -0.480 e. The largest absolute Gasteiger partial charge is 0.480 e. The third-order valence-electron chi connectivity index (χ3n) is 2.56. The third kappa shape index (κ3) is 1.82. The highest BCUT2D eigenvalue weighted by molar-refractivity contribution is 5.86. The van der Waals surface area contributed by atoms with Crippen molar-refractivity contribution in [3.05, 3.63) is 0 Å². The van der Waals surface area contributed by atoms with Crippen LogP contribution in [0.15, 0.2) is 0 Å². The lowest BCUT2D eigenvalue weighted by atomic mass is 10.1. The molecule has 4 nitrogen and oxygen atoms in total. The Kier molecular flexibility index (Phi) is 2.90. The van der Waals surface area contributed by atoms with Crippen molar-refractivity contribution >= 4 is 11.9 Å². The van der Waals surface area contributed by atoms with Crippen LogP contribution in [0.1, 0.15) is 26.7 Å². The van der Waals surface area contributed by atoms with Crippen molar-refractivity contribution in [2.75, 3.05) is 6.54 Å². The van der Waals surface area contributed by atoms with Gasteiger partial charge in [0.25, 0.3) is 0 Å². The molecule has 0 aromatic carbocycles. The summed E-state index contributed by atoms with van der Waals surface area (Å²) in [6.07, 6.45) is 1.26. The fourth-order valence-corrected chi connectivity index (χ4v) is 1.69. The molecule has 0 unspecified atom stereocenters. The van der Waals surface area contributed by atoms with E-state index in [0.717, 1.165) is 6.42 Å². The number of hydrogen-bond acceptors (Lipinski definition) is 2. The molecule has 0 aliphatic carbocycles. The van der Waals surface area contributed by atoms with Crippen molar-refractivity contribution in [3.8, 4) is 0 Å². The van der Waals surface area contributed by atoms with E-state index in [1.807, 2.05) is 6.92 Å². The predicted octanol–water partition coefficient (Wildman–Crippen LogP) is 0.718. The average molecular weight is 185 g/mol. The number of likely N-dealkylation sites (tertiary alicyclic amines) is 1. The van der Waals surface area contributed by atoms with E-state index >= 15 is 0 Å². The van der Waals surface area contributed by atoms with Gasteiger partial charge in [-0.2, -0.15) is 0 Å². The molecule has 0 saturated carbocycles. The fraction of sp³-hybridized carbons (Fsp3) is 0.778. The highest BCUT2D eigenvalue weighted by Crippen LogP contribution is 2.20. The summed E-state index contributed by atoms with van der Waals surface area (Å²) in [5, 5.41) is 8.84. The van der Waals surface area contributed by atoms with Crippen LogP contribution in [0.3, 0.4) is 0 Å². The summed E-state index contributed by atoms with van der Waals surface area (Å²) in [6.45, 7) is 4.22. The lowest BCUT2D eigenvalue weighted by Gasteiger charge is -2.23. The Morgan fingerprint density at radius 1 is 1.77 bits per heavy atom. The predicted molar refractivity (Wildman–Crippen MR) is 47.2 cm³/mol. The maximum Gasteiger partial charge on any atom is 0.326 e. The van der Waals surface area contributed by atoms with Gasteiger partial charge in [-0.05, 0) is 12.8 Å². The van der Waals surface area contributed by atoms with Crippen LogP contribution in [0.5, 0.6) is 0 Å². The van der Waals surface area contributed by atoms with Crippen LogP contribution in [0, 0.1) is 5.92 Å². The highest BCUT2D eigenvalue weighted by atomic mass is 16.4. The van der Waals surface area contributed by atoms with E-state index < -0.39 is 12.0 Å². The van der Waals surface area contributed by atoms with Gasteiger partial charge in [-0.3, -0.25) is 4.79 Å². The Balaban J connectivity index is 2.71. The Bertz CT molecular complexity index is 227. The number of carboxylic acids is 1. The second kappa shape index (κ2) is 3.77. The molecule has 13 heavy (non-hydrogen) atoms. The summed E-state index contributed by atoms with van der Waals surface area (Å²) in [5.41, 5.74) is 0. The summed E-state index contributed by atoms with van der Waals surface area (Å²) in [5.74, 6) is -0.924. The Labute approximate surface area is 77.5 Å². The van der Waals surface area contributed by atoms with Crippen molar-refractivity contribution in [2.24, 2.45) is 5.92 Å². The van der Waals surface area contributed by atoms with Crippen LogP contribution >= 0.6 is 0 Å². The van der Waals surface area contributed by atoms with Gasteiger partial charge < -0.3 is 10.0 Å². The lowest BCUT2D eigenvalue weighted by molar-refractivity contribution is -0.149. The van der Waals surface area contributed by atoms with Crippen LogP contribution in [-0.4, -0.2) is 34.5 Å². The molecule has 0 aromatic rings. The second-order valence-electron chi connectivity index (χ2n) is 3.48. The average Bonchev–Trinajstić information content (AvgIpc) is 2.37. The lowest BCUT2D eigenvalue weighted by Crippen LogP contribution is -2.42. The van der Waals surface area contributed by atoms with Gasteiger partial charge in [0.1, 0.15) is 6.04 Å². The van der Waals surface area contributed by atoms with E-state index in [0.29, 0.717) is 13.0 Å². The molecule has 1 fully saturated rings. The molecular formula is C9H15NO3. The van der Waals surface area contributed by atoms with E-state index in [-0.39, 0.29) is 11.8 Å². The second-order valence-corrected chi connectivity index (χ2v) is 3.48. The van der Waals surface area contributed by atoms with Gasteiger partial charge in [-0.15, -0.1) is 0 Å². The molecule has 0 bridgehead atoms. The Morgan fingerprint density at radius 2 is 2.38 bits per heavy atom. The van der Waals surface area contributed by atoms with Crippen molar-refractivity contribution in [1.82, 2.24) is 4.90 Å². The molecule has 1 saturated heterocycles. The van der Waals surface area contributed by atoms with Crippen LogP contribution < -0.4 is 0 Å². The first-order valence-electron chi connectivity index (χ1n) is 4.61. The van der Waals surface area contributed by atoms with Crippen molar-refractivity contribution in [3.63, 3.8) is 0 Å². The molecular weight excluding hydrogens is 170 g/mol. The highest BCUT2D eigenvalue weighted by Gasteiger charge is 2.35. The number of carbonyl (C=O) groups excluding carboxylic acids is 1. The van der Waals surface area contributed by atoms with Crippen molar-refractivity contribution in [1.29, 1.82) is 0 Å². The SMILES string of the molecule is CC[C@H](C(=O)O)N1CC[C@H](C)C1=O. The summed E-state index contributed by atoms with van der Waals surface area (Å²) in [4.78, 5) is 23.7. The third-order valence-corrected chi connectivity index (χ3v) is 2.56. The number of carboxylic acid groups (broad SMARTS) is 1. The molecule has 1 aliphatic heterocycles. The number of amides is 1. The van der Waals surface area contributed by atoms with Crippen molar-refractivity contribution < 1.29 is 14.7 Å². The number of rotatable bonds is 3. The molecule has 74 valence electrons. The number of carbonyl (C=O) groups is 2. The summed E-state index contributed by atoms with van der Waals surface area (Å²) in [7, 11) is 0. The number of aliphatic carboxylic acids is 1. The van der Waals surface area contributed by atoms with E-state index in [1.54, 1.807) is 6.92 Å². The Hall–Kier alpha value is -1.06. The first-order valence-corrected chi connectivity index (χ1v) is 4.61. The van der Waals surface area contributed by atoms with Crippen molar-refractivity contribution in [2.45, 2.75) is 32.7 Å². The molecule has 1 heterocycles. The first kappa shape index (κ1) is 10.0. The quantitative estimate of drug-likeness (QED) is 0.704.